The van der Waals surface area contributed by atoms with E-state index in [1.807, 2.05) is 72.9 Å². The first-order valence-electron chi connectivity index (χ1n) is 12.5. The first kappa shape index (κ1) is 25.7. The maximum Gasteiger partial charge on any atom is 0.255 e. The fraction of sp³-hybridized carbons (Fsp3) is 0.188. The van der Waals surface area contributed by atoms with Crippen LogP contribution in [-0.2, 0) is 11.3 Å². The van der Waals surface area contributed by atoms with Gasteiger partial charge in [-0.1, -0.05) is 101 Å². The highest BCUT2D eigenvalue weighted by Gasteiger charge is 2.32. The van der Waals surface area contributed by atoms with Crippen LogP contribution >= 0.6 is 15.9 Å². The van der Waals surface area contributed by atoms with Crippen molar-refractivity contribution >= 4 is 32.7 Å². The zero-order valence-electron chi connectivity index (χ0n) is 21.1. The molecule has 6 heteroatoms. The number of allylic oxidation sites excluding steroid dienone is 2. The number of fused-ring (bicyclic) bond motifs is 1. The van der Waals surface area contributed by atoms with E-state index in [4.69, 9.17) is 4.74 Å². The van der Waals surface area contributed by atoms with E-state index in [-0.39, 0.29) is 25.0 Å². The normalized spacial score (nSPS) is 18.4. The summed E-state index contributed by atoms with van der Waals surface area (Å²) in [5.41, 5.74) is 3.09. The van der Waals surface area contributed by atoms with Gasteiger partial charge in [-0.15, -0.1) is 0 Å². The molecule has 1 aromatic heterocycles. The minimum Gasteiger partial charge on any atom is -0.350 e. The van der Waals surface area contributed by atoms with Crippen LogP contribution in [0.25, 0.3) is 10.9 Å². The van der Waals surface area contributed by atoms with Crippen molar-refractivity contribution in [2.24, 2.45) is 0 Å². The van der Waals surface area contributed by atoms with E-state index < -0.39 is 5.60 Å². The van der Waals surface area contributed by atoms with Gasteiger partial charge in [0, 0.05) is 41.1 Å². The maximum absolute atomic E-state index is 13.8. The molecule has 0 saturated carbocycles. The minimum atomic E-state index is -0.884. The summed E-state index contributed by atoms with van der Waals surface area (Å²) < 4.78 is 9.15. The summed E-state index contributed by atoms with van der Waals surface area (Å²) in [5, 5.41) is 10.1. The van der Waals surface area contributed by atoms with Crippen LogP contribution in [0.1, 0.15) is 27.4 Å². The predicted octanol–water partition coefficient (Wildman–Crippen LogP) is 6.71. The molecule has 0 N–H and O–H groups in total. The minimum absolute atomic E-state index is 0.0748. The Hall–Kier alpha value is -3.92. The number of nitriles is 1. The van der Waals surface area contributed by atoms with Gasteiger partial charge >= 0.3 is 0 Å². The Bertz CT molecular complexity index is 1530. The summed E-state index contributed by atoms with van der Waals surface area (Å²) in [6.45, 7) is 0.884. The van der Waals surface area contributed by atoms with Gasteiger partial charge in [-0.05, 0) is 29.3 Å². The molecular weight excluding hydrogens is 538 g/mol. The lowest BCUT2D eigenvalue weighted by Gasteiger charge is -2.34. The quantitative estimate of drug-likeness (QED) is 0.223. The number of hydrogen-bond donors (Lipinski definition) is 0. The third-order valence-corrected chi connectivity index (χ3v) is 7.35. The van der Waals surface area contributed by atoms with Crippen molar-refractivity contribution in [3.8, 4) is 6.07 Å². The number of ether oxygens (including phenoxy) is 1. The largest absolute Gasteiger partial charge is 0.350 e. The Morgan fingerprint density at radius 1 is 1.05 bits per heavy atom. The lowest BCUT2D eigenvalue weighted by atomic mass is 9.87. The maximum atomic E-state index is 13.8. The van der Waals surface area contributed by atoms with Crippen LogP contribution in [0.5, 0.6) is 0 Å². The number of amides is 1. The molecule has 5 nitrogen and oxygen atoms in total. The molecular formula is C32H28BrN3O2. The number of halogens is 1. The monoisotopic (exact) mass is 565 g/mol. The Balaban J connectivity index is 1.40. The van der Waals surface area contributed by atoms with Crippen LogP contribution < -0.4 is 0 Å². The molecule has 1 aliphatic carbocycles. The van der Waals surface area contributed by atoms with Crippen molar-refractivity contribution in [2.45, 2.75) is 18.1 Å². The lowest BCUT2D eigenvalue weighted by Crippen LogP contribution is -2.44. The number of carbonyl (C=O) groups excluding carboxylic acids is 1. The van der Waals surface area contributed by atoms with Gasteiger partial charge < -0.3 is 14.2 Å². The number of rotatable bonds is 8. The van der Waals surface area contributed by atoms with E-state index in [0.29, 0.717) is 12.1 Å². The van der Waals surface area contributed by atoms with Crippen molar-refractivity contribution < 1.29 is 9.53 Å². The topological polar surface area (TPSA) is 58.3 Å². The Morgan fingerprint density at radius 3 is 2.53 bits per heavy atom. The van der Waals surface area contributed by atoms with Crippen LogP contribution in [0.2, 0.25) is 0 Å². The fourth-order valence-electron chi connectivity index (χ4n) is 4.98. The number of carbonyl (C=O) groups is 1. The molecule has 5 rings (SSSR count). The van der Waals surface area contributed by atoms with Gasteiger partial charge in [-0.25, -0.2) is 0 Å². The number of benzene rings is 3. The van der Waals surface area contributed by atoms with E-state index in [0.717, 1.165) is 20.9 Å². The molecule has 0 unspecified atom stereocenters. The van der Waals surface area contributed by atoms with Gasteiger partial charge in [0.15, 0.2) is 0 Å². The molecule has 1 heterocycles. The lowest BCUT2D eigenvalue weighted by molar-refractivity contribution is 0.0221. The fourth-order valence-corrected chi connectivity index (χ4v) is 5.40. The molecule has 3 aromatic carbocycles. The molecule has 0 radical (unpaired) electrons. The van der Waals surface area contributed by atoms with E-state index in [9.17, 15) is 10.1 Å². The summed E-state index contributed by atoms with van der Waals surface area (Å²) >= 11 is 3.54. The average Bonchev–Trinajstić information content (AvgIpc) is 3.30. The van der Waals surface area contributed by atoms with Crippen molar-refractivity contribution in [3.63, 3.8) is 0 Å². The second-order valence-electron chi connectivity index (χ2n) is 9.54. The molecule has 4 aromatic rings. The smallest absolute Gasteiger partial charge is 0.255 e. The molecule has 1 amide bonds. The van der Waals surface area contributed by atoms with E-state index in [1.165, 1.54) is 5.56 Å². The van der Waals surface area contributed by atoms with E-state index in [2.05, 4.69) is 63.0 Å². The number of likely N-dealkylation sites (N-methyl/N-ethyl adjacent to an activating group) is 1. The molecule has 190 valence electrons. The molecule has 0 saturated heterocycles. The summed E-state index contributed by atoms with van der Waals surface area (Å²) in [4.78, 5) is 15.5. The predicted molar refractivity (Wildman–Crippen MR) is 154 cm³/mol. The summed E-state index contributed by atoms with van der Waals surface area (Å²) in [5.74, 6) is -0.00728. The molecule has 38 heavy (non-hydrogen) atoms. The van der Waals surface area contributed by atoms with Crippen LogP contribution in [0.15, 0.2) is 114 Å². The Kier molecular flexibility index (Phi) is 7.59. The van der Waals surface area contributed by atoms with E-state index >= 15 is 0 Å². The SMILES string of the molecule is CN(CC1(OCC#N)C=CC(c2cccc(Br)c2)C=C1)C(=O)c1cn(Cc2ccccc2)c2ccccc12. The molecule has 0 fully saturated rings. The molecule has 0 atom stereocenters. The number of aromatic nitrogens is 1. The van der Waals surface area contributed by atoms with Crippen LogP contribution in [0, 0.1) is 11.3 Å². The van der Waals surface area contributed by atoms with Gasteiger partial charge in [-0.2, -0.15) is 5.26 Å². The standard InChI is InChI=1S/C32H28BrN3O2/c1-35(23-32(38-19-18-34)16-14-25(15-17-32)26-10-7-11-27(33)20-26)31(37)29-22-36(21-24-8-3-2-4-9-24)30-13-6-5-12-28(29)30/h2-17,20,22,25H,19,21,23H2,1H3. The first-order valence-corrected chi connectivity index (χ1v) is 13.3. The Morgan fingerprint density at radius 2 is 1.79 bits per heavy atom. The molecule has 0 spiro atoms. The average molecular weight is 566 g/mol. The molecule has 0 bridgehead atoms. The van der Waals surface area contributed by atoms with Gasteiger partial charge in [0.1, 0.15) is 12.2 Å². The zero-order valence-corrected chi connectivity index (χ0v) is 22.7. The second kappa shape index (κ2) is 11.2. The highest BCUT2D eigenvalue weighted by molar-refractivity contribution is 9.10. The summed E-state index contributed by atoms with van der Waals surface area (Å²) in [6, 6.07) is 28.4. The van der Waals surface area contributed by atoms with Crippen LogP contribution in [0.3, 0.4) is 0 Å². The van der Waals surface area contributed by atoms with Crippen molar-refractivity contribution in [1.29, 1.82) is 5.26 Å². The Labute approximate surface area is 231 Å². The van der Waals surface area contributed by atoms with Crippen molar-refractivity contribution in [2.75, 3.05) is 20.2 Å². The third-order valence-electron chi connectivity index (χ3n) is 6.86. The van der Waals surface area contributed by atoms with Gasteiger partial charge in [0.25, 0.3) is 5.91 Å². The highest BCUT2D eigenvalue weighted by Crippen LogP contribution is 2.31. The summed E-state index contributed by atoms with van der Waals surface area (Å²) in [6.07, 6.45) is 10.0. The number of para-hydroxylation sites is 1. The highest BCUT2D eigenvalue weighted by atomic mass is 79.9. The number of hydrogen-bond acceptors (Lipinski definition) is 3. The first-order chi connectivity index (χ1) is 18.5. The van der Waals surface area contributed by atoms with Gasteiger partial charge in [-0.3, -0.25) is 4.79 Å². The van der Waals surface area contributed by atoms with Crippen molar-refractivity contribution in [3.05, 3.63) is 131 Å². The summed E-state index contributed by atoms with van der Waals surface area (Å²) in [7, 11) is 1.78. The third kappa shape index (κ3) is 5.50. The van der Waals surface area contributed by atoms with Gasteiger partial charge in [0.05, 0.1) is 18.2 Å². The van der Waals surface area contributed by atoms with Gasteiger partial charge in [0.2, 0.25) is 0 Å². The molecule has 1 aliphatic rings. The zero-order chi connectivity index (χ0) is 26.5. The number of nitrogens with zero attached hydrogens (tertiary/aromatic N) is 3. The van der Waals surface area contributed by atoms with Crippen LogP contribution in [-0.4, -0.2) is 41.2 Å². The van der Waals surface area contributed by atoms with Crippen LogP contribution in [0.4, 0.5) is 0 Å². The molecule has 0 aliphatic heterocycles. The van der Waals surface area contributed by atoms with Crippen molar-refractivity contribution in [1.82, 2.24) is 9.47 Å². The second-order valence-corrected chi connectivity index (χ2v) is 10.5. The van der Waals surface area contributed by atoms with E-state index in [1.54, 1.807) is 11.9 Å².